The second-order valence-corrected chi connectivity index (χ2v) is 7.12. The number of carboxylic acid groups (broad SMARTS) is 1. The van der Waals surface area contributed by atoms with Crippen molar-refractivity contribution in [1.82, 2.24) is 4.57 Å². The van der Waals surface area contributed by atoms with Crippen molar-refractivity contribution in [3.63, 3.8) is 0 Å². The van der Waals surface area contributed by atoms with Gasteiger partial charge in [0.1, 0.15) is 23.0 Å². The van der Waals surface area contributed by atoms with Crippen molar-refractivity contribution >= 4 is 22.6 Å². The fourth-order valence-corrected chi connectivity index (χ4v) is 3.36. The molecule has 0 saturated carbocycles. The third kappa shape index (κ3) is 4.88. The van der Waals surface area contributed by atoms with Crippen LogP contribution in [0.2, 0.25) is 0 Å². The molecule has 1 heterocycles. The number of nitrogens with one attached hydrogen (secondary N) is 1. The Labute approximate surface area is 176 Å². The van der Waals surface area contributed by atoms with Gasteiger partial charge in [-0.05, 0) is 43.7 Å². The van der Waals surface area contributed by atoms with Crippen LogP contribution in [0.1, 0.15) is 36.0 Å². The number of nitrogens with zero attached hydrogens (tertiary/aromatic N) is 1. The molecule has 0 aliphatic heterocycles. The molecule has 2 aromatic carbocycles. The van der Waals surface area contributed by atoms with E-state index in [9.17, 15) is 27.9 Å². The highest BCUT2D eigenvalue weighted by atomic mass is 19.1. The first-order chi connectivity index (χ1) is 14.8. The summed E-state index contributed by atoms with van der Waals surface area (Å²) in [6, 6.07) is 5.02. The molecule has 0 saturated heterocycles. The van der Waals surface area contributed by atoms with Gasteiger partial charge >= 0.3 is 5.97 Å². The second-order valence-electron chi connectivity index (χ2n) is 7.12. The molecule has 31 heavy (non-hydrogen) atoms. The van der Waals surface area contributed by atoms with Crippen molar-refractivity contribution in [2.75, 3.05) is 18.4 Å². The van der Waals surface area contributed by atoms with Gasteiger partial charge in [-0.2, -0.15) is 0 Å². The first-order valence-corrected chi connectivity index (χ1v) is 9.85. The molecule has 4 N–H and O–H groups in total. The first kappa shape index (κ1) is 22.4. The Bertz CT molecular complexity index is 1180. The zero-order valence-corrected chi connectivity index (χ0v) is 16.6. The summed E-state index contributed by atoms with van der Waals surface area (Å²) < 4.78 is 43.5. The molecule has 0 aliphatic rings. The average Bonchev–Trinajstić information content (AvgIpc) is 2.72. The number of anilines is 1. The number of hydrogen-bond acceptors (Lipinski definition) is 4. The van der Waals surface area contributed by atoms with Crippen molar-refractivity contribution in [1.29, 1.82) is 0 Å². The summed E-state index contributed by atoms with van der Waals surface area (Å²) in [4.78, 5) is 24.1. The van der Waals surface area contributed by atoms with E-state index in [0.717, 1.165) is 54.6 Å². The zero-order valence-electron chi connectivity index (χ0n) is 16.6. The van der Waals surface area contributed by atoms with Crippen LogP contribution in [0.15, 0.2) is 41.3 Å². The fraction of sp³-hybridized carbons (Fsp3) is 0.273. The second kappa shape index (κ2) is 9.65. The monoisotopic (exact) mass is 433 g/mol. The van der Waals surface area contributed by atoms with Crippen LogP contribution in [0.25, 0.3) is 16.6 Å². The van der Waals surface area contributed by atoms with E-state index in [1.807, 2.05) is 0 Å². The minimum atomic E-state index is -1.54. The highest BCUT2D eigenvalue weighted by molar-refractivity contribution is 5.94. The van der Waals surface area contributed by atoms with E-state index in [1.165, 1.54) is 6.07 Å². The number of benzene rings is 2. The lowest BCUT2D eigenvalue weighted by molar-refractivity contribution is 0.0695. The van der Waals surface area contributed by atoms with E-state index < -0.39 is 34.4 Å². The molecule has 0 spiro atoms. The van der Waals surface area contributed by atoms with Crippen LogP contribution in [-0.4, -0.2) is 28.7 Å². The number of rotatable bonds is 9. The van der Waals surface area contributed by atoms with Crippen molar-refractivity contribution in [3.05, 3.63) is 69.8 Å². The van der Waals surface area contributed by atoms with Crippen molar-refractivity contribution < 1.29 is 23.1 Å². The maximum Gasteiger partial charge on any atom is 0.341 e. The van der Waals surface area contributed by atoms with E-state index in [1.54, 1.807) is 0 Å². The lowest BCUT2D eigenvalue weighted by Gasteiger charge is -2.16. The first-order valence-electron chi connectivity index (χ1n) is 9.85. The summed E-state index contributed by atoms with van der Waals surface area (Å²) in [6.45, 7) is 1.08. The summed E-state index contributed by atoms with van der Waals surface area (Å²) >= 11 is 0. The summed E-state index contributed by atoms with van der Waals surface area (Å²) in [6.07, 6.45) is 4.50. The van der Waals surface area contributed by atoms with E-state index in [0.29, 0.717) is 19.2 Å². The van der Waals surface area contributed by atoms with Gasteiger partial charge in [-0.15, -0.1) is 0 Å². The van der Waals surface area contributed by atoms with E-state index in [4.69, 9.17) is 5.73 Å². The third-order valence-corrected chi connectivity index (χ3v) is 4.94. The van der Waals surface area contributed by atoms with Gasteiger partial charge in [0.15, 0.2) is 0 Å². The van der Waals surface area contributed by atoms with Crippen molar-refractivity contribution in [2.45, 2.75) is 25.7 Å². The van der Waals surface area contributed by atoms with Gasteiger partial charge in [-0.1, -0.05) is 12.8 Å². The van der Waals surface area contributed by atoms with Crippen LogP contribution < -0.4 is 16.5 Å². The van der Waals surface area contributed by atoms with Crippen LogP contribution in [-0.2, 0) is 0 Å². The van der Waals surface area contributed by atoms with Crippen LogP contribution >= 0.6 is 0 Å². The van der Waals surface area contributed by atoms with Gasteiger partial charge in [0, 0.05) is 24.2 Å². The maximum absolute atomic E-state index is 14.6. The van der Waals surface area contributed by atoms with Gasteiger partial charge in [-0.25, -0.2) is 18.0 Å². The summed E-state index contributed by atoms with van der Waals surface area (Å²) in [5.41, 5.74) is 3.91. The van der Waals surface area contributed by atoms with Crippen LogP contribution in [0, 0.1) is 17.5 Å². The van der Waals surface area contributed by atoms with E-state index in [-0.39, 0.29) is 22.3 Å². The smallest absolute Gasteiger partial charge is 0.341 e. The SMILES string of the molecule is NCCCCCCNc1cc2c(cc1F)c(=O)c(C(=O)O)cn2-c1ccc(F)cc1F. The number of halogens is 3. The molecule has 0 aliphatic carbocycles. The highest BCUT2D eigenvalue weighted by Gasteiger charge is 2.19. The van der Waals surface area contributed by atoms with Crippen LogP contribution in [0.5, 0.6) is 0 Å². The normalized spacial score (nSPS) is 11.1. The van der Waals surface area contributed by atoms with Crippen molar-refractivity contribution in [2.24, 2.45) is 5.73 Å². The minimum absolute atomic E-state index is 0.0880. The Balaban J connectivity index is 2.09. The predicted octanol–water partition coefficient (Wildman–Crippen LogP) is 4.04. The lowest BCUT2D eigenvalue weighted by Crippen LogP contribution is -2.19. The molecule has 0 unspecified atom stereocenters. The Morgan fingerprint density at radius 2 is 1.77 bits per heavy atom. The largest absolute Gasteiger partial charge is 0.477 e. The molecule has 164 valence electrons. The van der Waals surface area contributed by atoms with Crippen molar-refractivity contribution in [3.8, 4) is 5.69 Å². The zero-order chi connectivity index (χ0) is 22.5. The summed E-state index contributed by atoms with van der Waals surface area (Å²) in [5, 5.41) is 12.1. The van der Waals surface area contributed by atoms with Gasteiger partial charge in [0.25, 0.3) is 0 Å². The molecule has 9 heteroatoms. The Morgan fingerprint density at radius 1 is 1.03 bits per heavy atom. The summed E-state index contributed by atoms with van der Waals surface area (Å²) in [7, 11) is 0. The van der Waals surface area contributed by atoms with Crippen LogP contribution in [0.3, 0.4) is 0 Å². The molecule has 0 fully saturated rings. The predicted molar refractivity (Wildman–Crippen MR) is 112 cm³/mol. The maximum atomic E-state index is 14.6. The number of aromatic carboxylic acids is 1. The number of unbranched alkanes of at least 4 members (excludes halogenated alkanes) is 3. The number of carboxylic acids is 1. The van der Waals surface area contributed by atoms with Gasteiger partial charge in [0.05, 0.1) is 16.9 Å². The fourth-order valence-electron chi connectivity index (χ4n) is 3.36. The Morgan fingerprint density at radius 3 is 2.45 bits per heavy atom. The minimum Gasteiger partial charge on any atom is -0.477 e. The quantitative estimate of drug-likeness (QED) is 0.443. The molecule has 6 nitrogen and oxygen atoms in total. The molecule has 0 amide bonds. The van der Waals surface area contributed by atoms with Gasteiger partial charge in [-0.3, -0.25) is 4.79 Å². The number of carbonyl (C=O) groups is 1. The average molecular weight is 433 g/mol. The van der Waals surface area contributed by atoms with Gasteiger partial charge < -0.3 is 20.7 Å². The molecular weight excluding hydrogens is 411 g/mol. The van der Waals surface area contributed by atoms with E-state index >= 15 is 0 Å². The molecular formula is C22H22F3N3O3. The standard InChI is InChI=1S/C22H22F3N3O3/c23-13-5-6-19(17(25)9-13)28-12-15(22(30)31)21(29)14-10-16(24)18(11-20(14)28)27-8-4-2-1-3-7-26/h5-6,9-12,27H,1-4,7-8,26H2,(H,30,31). The molecule has 3 aromatic rings. The molecule has 0 bridgehead atoms. The molecule has 0 atom stereocenters. The third-order valence-electron chi connectivity index (χ3n) is 4.94. The number of pyridine rings is 1. The number of nitrogens with two attached hydrogens (primary N) is 1. The van der Waals surface area contributed by atoms with Gasteiger partial charge in [0.2, 0.25) is 5.43 Å². The summed E-state index contributed by atoms with van der Waals surface area (Å²) in [5.74, 6) is -4.04. The molecule has 0 radical (unpaired) electrons. The number of fused-ring (bicyclic) bond motifs is 1. The van der Waals surface area contributed by atoms with Crippen LogP contribution in [0.4, 0.5) is 18.9 Å². The highest BCUT2D eigenvalue weighted by Crippen LogP contribution is 2.26. The topological polar surface area (TPSA) is 97.3 Å². The molecule has 1 aromatic heterocycles. The molecule has 3 rings (SSSR count). The Hall–Kier alpha value is -3.33. The lowest BCUT2D eigenvalue weighted by atomic mass is 10.1. The number of aromatic nitrogens is 1. The number of hydrogen-bond donors (Lipinski definition) is 3. The Kier molecular flexibility index (Phi) is 6.96. The van der Waals surface area contributed by atoms with E-state index in [2.05, 4.69) is 5.32 Å².